The van der Waals surface area contributed by atoms with Crippen LogP contribution < -0.4 is 4.74 Å². The van der Waals surface area contributed by atoms with Crippen molar-refractivity contribution in [2.75, 3.05) is 6.61 Å². The molecule has 0 heterocycles. The molecule has 0 saturated heterocycles. The van der Waals surface area contributed by atoms with Gasteiger partial charge in [0.05, 0.1) is 5.56 Å². The zero-order valence-corrected chi connectivity index (χ0v) is 12.4. The monoisotopic (exact) mass is 279 g/mol. The van der Waals surface area contributed by atoms with Crippen molar-refractivity contribution in [3.05, 3.63) is 64.2 Å². The van der Waals surface area contributed by atoms with Crippen molar-refractivity contribution in [2.24, 2.45) is 0 Å². The quantitative estimate of drug-likeness (QED) is 0.801. The average Bonchev–Trinajstić information content (AvgIpc) is 2.48. The molecule has 0 aliphatic heterocycles. The molecule has 0 fully saturated rings. The third-order valence-corrected chi connectivity index (χ3v) is 3.51. The van der Waals surface area contributed by atoms with Crippen LogP contribution in [0.4, 0.5) is 0 Å². The highest BCUT2D eigenvalue weighted by atomic mass is 16.5. The molecule has 2 aromatic rings. The van der Waals surface area contributed by atoms with Crippen LogP contribution in [0.2, 0.25) is 0 Å². The molecule has 0 aromatic heterocycles. The average molecular weight is 279 g/mol. The van der Waals surface area contributed by atoms with Gasteiger partial charge in [0.15, 0.2) is 12.4 Å². The van der Waals surface area contributed by atoms with Gasteiger partial charge in [-0.3, -0.25) is 4.79 Å². The molecule has 0 aliphatic rings. The Balaban J connectivity index is 2.16. The number of nitrogens with zero attached hydrogens (tertiary/aromatic N) is 1. The molecule has 0 N–H and O–H groups in total. The normalized spacial score (nSPS) is 10.0. The van der Waals surface area contributed by atoms with Gasteiger partial charge in [-0.1, -0.05) is 18.2 Å². The van der Waals surface area contributed by atoms with Crippen LogP contribution >= 0.6 is 0 Å². The van der Waals surface area contributed by atoms with Gasteiger partial charge in [0.25, 0.3) is 0 Å². The molecule has 3 nitrogen and oxygen atoms in total. The summed E-state index contributed by atoms with van der Waals surface area (Å²) in [5, 5.41) is 9.00. The number of carbonyl (C=O) groups excluding carboxylic acids is 1. The lowest BCUT2D eigenvalue weighted by molar-refractivity contribution is 0.0920. The van der Waals surface area contributed by atoms with E-state index in [0.29, 0.717) is 16.9 Å². The summed E-state index contributed by atoms with van der Waals surface area (Å²) in [5.74, 6) is 0.359. The van der Waals surface area contributed by atoms with E-state index in [2.05, 4.69) is 6.07 Å². The van der Waals surface area contributed by atoms with Gasteiger partial charge in [-0.05, 0) is 55.7 Å². The molecular weight excluding hydrogens is 262 g/mol. The Morgan fingerprint density at radius 3 is 2.48 bits per heavy atom. The Hall–Kier alpha value is -2.60. The van der Waals surface area contributed by atoms with Gasteiger partial charge < -0.3 is 4.74 Å². The van der Waals surface area contributed by atoms with E-state index in [-0.39, 0.29) is 12.4 Å². The van der Waals surface area contributed by atoms with Crippen molar-refractivity contribution in [3.63, 3.8) is 0 Å². The number of nitriles is 1. The van der Waals surface area contributed by atoms with Gasteiger partial charge in [-0.15, -0.1) is 0 Å². The molecule has 3 heteroatoms. The summed E-state index contributed by atoms with van der Waals surface area (Å²) in [5.41, 5.74) is 4.30. The number of ketones is 1. The van der Waals surface area contributed by atoms with Gasteiger partial charge in [0.2, 0.25) is 0 Å². The predicted octanol–water partition coefficient (Wildman–Crippen LogP) is 3.75. The minimum absolute atomic E-state index is 0.0674. The maximum atomic E-state index is 12.3. The molecule has 0 radical (unpaired) electrons. The molecule has 106 valence electrons. The van der Waals surface area contributed by atoms with Crippen LogP contribution in [0.3, 0.4) is 0 Å². The Bertz CT molecular complexity index is 726. The lowest BCUT2D eigenvalue weighted by Gasteiger charge is -2.10. The molecule has 21 heavy (non-hydrogen) atoms. The van der Waals surface area contributed by atoms with E-state index >= 15 is 0 Å². The van der Waals surface area contributed by atoms with E-state index in [4.69, 9.17) is 10.00 Å². The summed E-state index contributed by atoms with van der Waals surface area (Å²) in [6.07, 6.45) is 0. The maximum absolute atomic E-state index is 12.3. The molecule has 0 unspecified atom stereocenters. The van der Waals surface area contributed by atoms with E-state index in [1.807, 2.05) is 32.9 Å². The lowest BCUT2D eigenvalue weighted by Crippen LogP contribution is -2.14. The highest BCUT2D eigenvalue weighted by Crippen LogP contribution is 2.19. The zero-order chi connectivity index (χ0) is 15.4. The molecule has 0 spiro atoms. The van der Waals surface area contributed by atoms with Crippen molar-refractivity contribution in [3.8, 4) is 11.8 Å². The first-order valence-corrected chi connectivity index (χ1v) is 6.76. The van der Waals surface area contributed by atoms with Crippen LogP contribution in [0.25, 0.3) is 0 Å². The first kappa shape index (κ1) is 14.8. The van der Waals surface area contributed by atoms with E-state index in [1.54, 1.807) is 24.3 Å². The highest BCUT2D eigenvalue weighted by molar-refractivity contribution is 5.98. The van der Waals surface area contributed by atoms with Gasteiger partial charge in [0.1, 0.15) is 11.8 Å². The fourth-order valence-corrected chi connectivity index (χ4v) is 2.17. The second kappa shape index (κ2) is 6.23. The summed E-state index contributed by atoms with van der Waals surface area (Å²) in [6, 6.07) is 12.9. The zero-order valence-electron chi connectivity index (χ0n) is 12.4. The molecule has 0 aliphatic carbocycles. The number of ether oxygens (including phenoxy) is 1. The second-order valence-electron chi connectivity index (χ2n) is 5.07. The van der Waals surface area contributed by atoms with Gasteiger partial charge in [0, 0.05) is 5.56 Å². The number of Topliss-reactive ketones (excluding diaryl/α,β-unsaturated/α-hetero) is 1. The third-order valence-electron chi connectivity index (χ3n) is 3.51. The summed E-state index contributed by atoms with van der Waals surface area (Å²) in [6.45, 7) is 5.86. The molecule has 0 saturated carbocycles. The van der Waals surface area contributed by atoms with E-state index < -0.39 is 0 Å². The lowest BCUT2D eigenvalue weighted by atomic mass is 9.98. The van der Waals surface area contributed by atoms with Crippen LogP contribution in [0.1, 0.15) is 32.6 Å². The summed E-state index contributed by atoms with van der Waals surface area (Å²) >= 11 is 0. The molecule has 2 rings (SSSR count). The second-order valence-corrected chi connectivity index (χ2v) is 5.07. The Kier molecular flexibility index (Phi) is 4.39. The van der Waals surface area contributed by atoms with E-state index in [1.165, 1.54) is 5.56 Å². The Morgan fingerprint density at radius 2 is 1.76 bits per heavy atom. The Morgan fingerprint density at radius 1 is 1.10 bits per heavy atom. The van der Waals surface area contributed by atoms with E-state index in [0.717, 1.165) is 11.1 Å². The topological polar surface area (TPSA) is 50.1 Å². The first-order chi connectivity index (χ1) is 10.0. The van der Waals surface area contributed by atoms with Gasteiger partial charge >= 0.3 is 0 Å². The standard InChI is InChI=1S/C18H17NO2/c1-12-8-14(3)16(9-13(12)2)17(20)11-21-18-7-5-4-6-15(18)10-19/h4-9H,11H2,1-3H3. The molecule has 0 amide bonds. The molecular formula is C18H17NO2. The number of para-hydroxylation sites is 1. The summed E-state index contributed by atoms with van der Waals surface area (Å²) < 4.78 is 5.50. The molecule has 0 bridgehead atoms. The highest BCUT2D eigenvalue weighted by Gasteiger charge is 2.12. The van der Waals surface area contributed by atoms with Crippen LogP contribution in [0, 0.1) is 32.1 Å². The number of aryl methyl sites for hydroxylation is 3. The minimum atomic E-state index is -0.0802. The minimum Gasteiger partial charge on any atom is -0.484 e. The smallest absolute Gasteiger partial charge is 0.200 e. The van der Waals surface area contributed by atoms with Crippen LogP contribution in [0.15, 0.2) is 36.4 Å². The van der Waals surface area contributed by atoms with Crippen molar-refractivity contribution in [1.82, 2.24) is 0 Å². The van der Waals surface area contributed by atoms with Gasteiger partial charge in [-0.25, -0.2) is 0 Å². The number of carbonyl (C=O) groups is 1. The largest absolute Gasteiger partial charge is 0.484 e. The molecule has 0 atom stereocenters. The van der Waals surface area contributed by atoms with Crippen LogP contribution in [-0.2, 0) is 0 Å². The number of rotatable bonds is 4. The van der Waals surface area contributed by atoms with Crippen LogP contribution in [0.5, 0.6) is 5.75 Å². The number of hydrogen-bond acceptors (Lipinski definition) is 3. The Labute approximate surface area is 124 Å². The first-order valence-electron chi connectivity index (χ1n) is 6.76. The fourth-order valence-electron chi connectivity index (χ4n) is 2.17. The summed E-state index contributed by atoms with van der Waals surface area (Å²) in [7, 11) is 0. The van der Waals surface area contributed by atoms with Crippen LogP contribution in [-0.4, -0.2) is 12.4 Å². The SMILES string of the molecule is Cc1cc(C)c(C(=O)COc2ccccc2C#N)cc1C. The molecule has 2 aromatic carbocycles. The van der Waals surface area contributed by atoms with Crippen molar-refractivity contribution < 1.29 is 9.53 Å². The van der Waals surface area contributed by atoms with Crippen molar-refractivity contribution in [2.45, 2.75) is 20.8 Å². The third kappa shape index (κ3) is 3.29. The maximum Gasteiger partial charge on any atom is 0.200 e. The van der Waals surface area contributed by atoms with Gasteiger partial charge in [-0.2, -0.15) is 5.26 Å². The number of hydrogen-bond donors (Lipinski definition) is 0. The predicted molar refractivity (Wildman–Crippen MR) is 81.6 cm³/mol. The summed E-state index contributed by atoms with van der Waals surface area (Å²) in [4.78, 5) is 12.3. The number of benzene rings is 2. The van der Waals surface area contributed by atoms with Crippen molar-refractivity contribution >= 4 is 5.78 Å². The fraction of sp³-hybridized carbons (Fsp3) is 0.222. The van der Waals surface area contributed by atoms with Crippen molar-refractivity contribution in [1.29, 1.82) is 5.26 Å². The van der Waals surface area contributed by atoms with E-state index in [9.17, 15) is 4.79 Å².